The van der Waals surface area contributed by atoms with E-state index in [1.54, 1.807) is 0 Å². The summed E-state index contributed by atoms with van der Waals surface area (Å²) in [5.74, 6) is 2.87. The smallest absolute Gasteiger partial charge is 0.188 e. The topological polar surface area (TPSA) is 50.4 Å². The molecule has 0 aromatic heterocycles. The first-order chi connectivity index (χ1) is 9.33. The van der Waals surface area contributed by atoms with E-state index in [4.69, 9.17) is 5.73 Å². The second-order valence-electron chi connectivity index (χ2n) is 6.29. The molecule has 0 amide bonds. The van der Waals surface area contributed by atoms with Gasteiger partial charge in [-0.05, 0) is 42.2 Å². The number of fused-ring (bicyclic) bond motifs is 3. The Labute approximate surface area is 137 Å². The quantitative estimate of drug-likeness (QED) is 0.479. The molecule has 1 aromatic carbocycles. The molecular formula is C16H22IN3. The number of rotatable bonds is 3. The zero-order chi connectivity index (χ0) is 12.8. The van der Waals surface area contributed by atoms with Crippen LogP contribution in [0.1, 0.15) is 36.3 Å². The second-order valence-corrected chi connectivity index (χ2v) is 6.29. The number of benzene rings is 1. The highest BCUT2D eigenvalue weighted by atomic mass is 127. The molecule has 0 heterocycles. The second kappa shape index (κ2) is 5.54. The zero-order valence-electron chi connectivity index (χ0n) is 11.6. The van der Waals surface area contributed by atoms with Crippen molar-refractivity contribution in [1.29, 1.82) is 0 Å². The van der Waals surface area contributed by atoms with E-state index in [2.05, 4.69) is 34.6 Å². The van der Waals surface area contributed by atoms with Crippen molar-refractivity contribution in [3.63, 3.8) is 0 Å². The largest absolute Gasteiger partial charge is 0.370 e. The van der Waals surface area contributed by atoms with Crippen molar-refractivity contribution in [3.8, 4) is 0 Å². The third-order valence-electron chi connectivity index (χ3n) is 5.10. The monoisotopic (exact) mass is 383 g/mol. The molecule has 3 unspecified atom stereocenters. The summed E-state index contributed by atoms with van der Waals surface area (Å²) >= 11 is 0. The number of halogens is 1. The van der Waals surface area contributed by atoms with Gasteiger partial charge >= 0.3 is 0 Å². The van der Waals surface area contributed by atoms with Crippen LogP contribution in [0.25, 0.3) is 0 Å². The molecule has 1 aromatic rings. The van der Waals surface area contributed by atoms with E-state index in [0.717, 1.165) is 18.4 Å². The molecule has 3 nitrogen and oxygen atoms in total. The van der Waals surface area contributed by atoms with E-state index in [-0.39, 0.29) is 24.0 Å². The van der Waals surface area contributed by atoms with Gasteiger partial charge in [0.2, 0.25) is 0 Å². The van der Waals surface area contributed by atoms with Crippen molar-refractivity contribution < 1.29 is 0 Å². The van der Waals surface area contributed by atoms with Crippen LogP contribution in [0.3, 0.4) is 0 Å². The molecule has 20 heavy (non-hydrogen) atoms. The molecule has 0 bridgehead atoms. The van der Waals surface area contributed by atoms with Gasteiger partial charge in [-0.25, -0.2) is 0 Å². The first kappa shape index (κ1) is 14.2. The highest BCUT2D eigenvalue weighted by Gasteiger charge is 2.55. The molecule has 4 rings (SSSR count). The molecule has 0 spiro atoms. The molecular weight excluding hydrogens is 361 g/mol. The van der Waals surface area contributed by atoms with Crippen LogP contribution in [0.2, 0.25) is 0 Å². The molecule has 2 fully saturated rings. The highest BCUT2D eigenvalue weighted by molar-refractivity contribution is 14.0. The fourth-order valence-corrected chi connectivity index (χ4v) is 3.67. The lowest BCUT2D eigenvalue weighted by Crippen LogP contribution is -2.36. The van der Waals surface area contributed by atoms with E-state index >= 15 is 0 Å². The summed E-state index contributed by atoms with van der Waals surface area (Å²) in [4.78, 5) is 4.49. The number of aliphatic imine (C=N–C) groups is 1. The average molecular weight is 383 g/mol. The molecule has 3 atom stereocenters. The lowest BCUT2D eigenvalue weighted by atomic mass is 9.86. The van der Waals surface area contributed by atoms with Crippen LogP contribution in [0.5, 0.6) is 0 Å². The molecule has 3 N–H and O–H groups in total. The van der Waals surface area contributed by atoms with Crippen molar-refractivity contribution in [2.24, 2.45) is 22.6 Å². The Bertz CT molecular complexity index is 524. The van der Waals surface area contributed by atoms with Gasteiger partial charge in [0.15, 0.2) is 5.96 Å². The van der Waals surface area contributed by atoms with Crippen LogP contribution in [0.15, 0.2) is 29.3 Å². The number of guanidine groups is 1. The van der Waals surface area contributed by atoms with Gasteiger partial charge in [-0.2, -0.15) is 0 Å². The van der Waals surface area contributed by atoms with Crippen LogP contribution in [0, 0.1) is 11.8 Å². The van der Waals surface area contributed by atoms with Gasteiger partial charge in [0, 0.05) is 18.5 Å². The van der Waals surface area contributed by atoms with E-state index in [1.807, 2.05) is 0 Å². The number of nitrogens with zero attached hydrogens (tertiary/aromatic N) is 1. The third kappa shape index (κ3) is 2.43. The Kier molecular flexibility index (Phi) is 3.93. The standard InChI is InChI=1S/C16H21N3.HI/c17-16(18-9-10-4-3-5-10)19-15-13-8-11-6-1-2-7-12(11)14(13)15;/h1-2,6-7,10,13-15H,3-5,8-9H2,(H3,17,18,19);1H. The third-order valence-corrected chi connectivity index (χ3v) is 5.10. The summed E-state index contributed by atoms with van der Waals surface area (Å²) in [6.45, 7) is 0.914. The molecule has 108 valence electrons. The van der Waals surface area contributed by atoms with E-state index in [9.17, 15) is 0 Å². The lowest BCUT2D eigenvalue weighted by Gasteiger charge is -2.23. The Morgan fingerprint density at radius 3 is 2.85 bits per heavy atom. The number of hydrogen-bond acceptors (Lipinski definition) is 1. The number of hydrogen-bond donors (Lipinski definition) is 2. The van der Waals surface area contributed by atoms with Crippen LogP contribution in [-0.4, -0.2) is 18.5 Å². The lowest BCUT2D eigenvalue weighted by molar-refractivity contribution is 0.326. The number of nitrogens with one attached hydrogen (secondary N) is 1. The van der Waals surface area contributed by atoms with Gasteiger partial charge in [0.25, 0.3) is 0 Å². The molecule has 0 radical (unpaired) electrons. The van der Waals surface area contributed by atoms with E-state index in [0.29, 0.717) is 17.9 Å². The maximum absolute atomic E-state index is 6.00. The van der Waals surface area contributed by atoms with Crippen molar-refractivity contribution in [2.45, 2.75) is 37.6 Å². The summed E-state index contributed by atoms with van der Waals surface area (Å²) in [7, 11) is 0. The van der Waals surface area contributed by atoms with Crippen molar-refractivity contribution in [2.75, 3.05) is 6.54 Å². The highest BCUT2D eigenvalue weighted by Crippen LogP contribution is 2.56. The van der Waals surface area contributed by atoms with Gasteiger partial charge < -0.3 is 11.1 Å². The number of nitrogens with two attached hydrogens (primary N) is 1. The Hall–Kier alpha value is -0.780. The Morgan fingerprint density at radius 2 is 2.10 bits per heavy atom. The summed E-state index contributed by atoms with van der Waals surface area (Å²) < 4.78 is 0. The van der Waals surface area contributed by atoms with E-state index < -0.39 is 0 Å². The fourth-order valence-electron chi connectivity index (χ4n) is 3.67. The summed E-state index contributed by atoms with van der Waals surface area (Å²) in [6, 6.07) is 9.33. The predicted octanol–water partition coefficient (Wildman–Crippen LogP) is 2.65. The predicted molar refractivity (Wildman–Crippen MR) is 92.5 cm³/mol. The van der Waals surface area contributed by atoms with E-state index in [1.165, 1.54) is 36.8 Å². The van der Waals surface area contributed by atoms with Crippen molar-refractivity contribution in [3.05, 3.63) is 35.4 Å². The fraction of sp³-hybridized carbons (Fsp3) is 0.562. The Balaban J connectivity index is 0.00000121. The van der Waals surface area contributed by atoms with Gasteiger partial charge in [-0.1, -0.05) is 30.7 Å². The first-order valence-corrected chi connectivity index (χ1v) is 7.47. The van der Waals surface area contributed by atoms with Gasteiger partial charge in [-0.3, -0.25) is 4.99 Å². The summed E-state index contributed by atoms with van der Waals surface area (Å²) in [5.41, 5.74) is 9.06. The molecule has 4 heteroatoms. The molecule has 3 aliphatic rings. The molecule has 3 aliphatic carbocycles. The maximum atomic E-state index is 6.00. The zero-order valence-corrected chi connectivity index (χ0v) is 13.9. The van der Waals surface area contributed by atoms with Crippen LogP contribution in [0.4, 0.5) is 0 Å². The summed E-state index contributed by atoms with van der Waals surface area (Å²) in [5, 5.41) is 3.43. The average Bonchev–Trinajstić information content (AvgIpc) is 2.86. The maximum Gasteiger partial charge on any atom is 0.188 e. The van der Waals surface area contributed by atoms with Crippen molar-refractivity contribution >= 4 is 29.9 Å². The van der Waals surface area contributed by atoms with Gasteiger partial charge in [0.1, 0.15) is 0 Å². The van der Waals surface area contributed by atoms with Crippen LogP contribution < -0.4 is 11.1 Å². The minimum atomic E-state index is 0. The molecule has 0 saturated heterocycles. The minimum Gasteiger partial charge on any atom is -0.370 e. The summed E-state index contributed by atoms with van der Waals surface area (Å²) in [6.07, 6.45) is 5.24. The van der Waals surface area contributed by atoms with Gasteiger partial charge in [0.05, 0.1) is 0 Å². The van der Waals surface area contributed by atoms with Crippen molar-refractivity contribution in [1.82, 2.24) is 5.32 Å². The van der Waals surface area contributed by atoms with Gasteiger partial charge in [-0.15, -0.1) is 24.0 Å². The minimum absolute atomic E-state index is 0. The first-order valence-electron chi connectivity index (χ1n) is 7.47. The van der Waals surface area contributed by atoms with Crippen LogP contribution >= 0.6 is 24.0 Å². The molecule has 2 saturated carbocycles. The molecule has 0 aliphatic heterocycles. The SMILES string of the molecule is I.NC(=NCC1CCC1)NC1C2Cc3ccccc3C21. The van der Waals surface area contributed by atoms with Crippen LogP contribution in [-0.2, 0) is 6.42 Å². The normalized spacial score (nSPS) is 30.8. The Morgan fingerprint density at radius 1 is 1.30 bits per heavy atom.